The van der Waals surface area contributed by atoms with Gasteiger partial charge in [-0.25, -0.2) is 55.3 Å². The van der Waals surface area contributed by atoms with Crippen LogP contribution in [-0.4, -0.2) is 197 Å². The molecule has 50 heteroatoms. The fraction of sp³-hybridized carbons (Fsp3) is 0.714. The van der Waals surface area contributed by atoms with E-state index >= 15 is 0 Å². The van der Waals surface area contributed by atoms with Crippen LogP contribution in [0.4, 0.5) is 52.7 Å². The number of amidine groups is 8. The average molecular weight is 1360 g/mol. The van der Waals surface area contributed by atoms with Crippen LogP contribution in [0, 0.1) is 21.6 Å². The van der Waals surface area contributed by atoms with Crippen molar-refractivity contribution in [2.45, 2.75) is 75.4 Å². The number of halogens is 12. The first kappa shape index (κ1) is 95.4. The van der Waals surface area contributed by atoms with Crippen LogP contribution < -0.4 is 22.9 Å². The molecular formula is C28H56F12N16O16S4Zn2. The van der Waals surface area contributed by atoms with Crippen molar-refractivity contribution in [1.29, 1.82) is 21.6 Å². The molecule has 0 saturated heterocycles. The van der Waals surface area contributed by atoms with Gasteiger partial charge in [0.15, 0.2) is 40.5 Å². The Labute approximate surface area is 465 Å². The molecule has 0 spiro atoms. The van der Waals surface area contributed by atoms with Gasteiger partial charge in [0.05, 0.1) is 0 Å². The molecular weight excluding hydrogens is 1300 g/mol. The maximum absolute atomic E-state index is 10.7. The molecule has 0 fully saturated rings. The van der Waals surface area contributed by atoms with Crippen molar-refractivity contribution in [3.63, 3.8) is 0 Å². The van der Waals surface area contributed by atoms with E-state index in [-0.39, 0.29) is 63.0 Å². The molecule has 32 nitrogen and oxygen atoms in total. The molecule has 0 rings (SSSR count). The smallest absolute Gasteiger partial charge is 0.741 e. The van der Waals surface area contributed by atoms with Crippen molar-refractivity contribution in [3.05, 3.63) is 0 Å². The number of nitrogens with two attached hydrogens (primary N) is 4. The molecule has 0 aliphatic carbocycles. The molecule has 0 radical (unpaired) electrons. The van der Waals surface area contributed by atoms with Gasteiger partial charge in [0, 0.05) is 82.1 Å². The summed E-state index contributed by atoms with van der Waals surface area (Å²) >= 11 is 0. The van der Waals surface area contributed by atoms with Gasteiger partial charge in [-0.15, -0.1) is 0 Å². The van der Waals surface area contributed by atoms with E-state index in [4.69, 9.17) is 96.5 Å². The Hall–Kier alpha value is -4.99. The van der Waals surface area contributed by atoms with Crippen LogP contribution in [0.1, 0.15) is 53.4 Å². The molecule has 12 N–H and O–H groups in total. The van der Waals surface area contributed by atoms with Crippen molar-refractivity contribution < 1.29 is 163 Å². The van der Waals surface area contributed by atoms with Gasteiger partial charge in [0.25, 0.3) is 0 Å². The van der Waals surface area contributed by atoms with Gasteiger partial charge in [-0.05, 0) is 0 Å². The number of nitrogens with zero attached hydrogens (tertiary/aromatic N) is 8. The van der Waals surface area contributed by atoms with Gasteiger partial charge in [-0.1, -0.05) is 48.3 Å². The summed E-state index contributed by atoms with van der Waals surface area (Å²) in [5.74, 6) is 1.54. The third-order valence-corrected chi connectivity index (χ3v) is 7.47. The molecule has 0 aromatic heterocycles. The summed E-state index contributed by atoms with van der Waals surface area (Å²) < 4.78 is 236. The second-order valence-electron chi connectivity index (χ2n) is 12.5. The Balaban J connectivity index is -0.0000000847. The Kier molecular flexibility index (Phi) is 53.6. The van der Waals surface area contributed by atoms with Crippen molar-refractivity contribution >= 4 is 87.9 Å². The molecule has 0 heterocycles. The maximum Gasteiger partial charge on any atom is 2.00 e. The predicted octanol–water partition coefficient (Wildman–Crippen LogP) is 0.927. The number of hydrogen-bond donors (Lipinski definition) is 8. The minimum absolute atomic E-state index is 0. The summed E-state index contributed by atoms with van der Waals surface area (Å²) in [5.41, 5.74) is -1.26. The van der Waals surface area contributed by atoms with Gasteiger partial charge < -0.3 is 80.1 Å². The zero-order valence-corrected chi connectivity index (χ0v) is 52.0. The predicted molar refractivity (Wildman–Crippen MR) is 241 cm³/mol. The largest absolute Gasteiger partial charge is 2.00 e. The first-order valence-electron chi connectivity index (χ1n) is 18.4. The minimum Gasteiger partial charge on any atom is -0.741 e. The van der Waals surface area contributed by atoms with Crippen LogP contribution in [0.2, 0.25) is 0 Å². The molecule has 0 unspecified atom stereocenters. The molecule has 0 bridgehead atoms. The summed E-state index contributed by atoms with van der Waals surface area (Å²) in [6, 6.07) is -0.106. The zero-order chi connectivity index (χ0) is 63.4. The number of nitrogens with one attached hydrogen (secondary N) is 4. The molecule has 0 aromatic carbocycles. The molecule has 0 aliphatic heterocycles. The van der Waals surface area contributed by atoms with Crippen LogP contribution in [-0.2, 0) is 98.8 Å². The maximum atomic E-state index is 10.7. The monoisotopic (exact) mass is 1360 g/mol. The normalized spacial score (nSPS) is 11.9. The van der Waals surface area contributed by atoms with Gasteiger partial charge in [-0.3, -0.25) is 0 Å². The molecule has 0 aliphatic rings. The van der Waals surface area contributed by atoms with Crippen molar-refractivity contribution in [1.82, 2.24) is 19.6 Å². The molecule has 0 atom stereocenters. The number of alkyl halides is 12. The summed E-state index contributed by atoms with van der Waals surface area (Å²) in [6.45, 7) is 7.45. The van der Waals surface area contributed by atoms with E-state index in [1.54, 1.807) is 56.4 Å². The average Bonchev–Trinajstić information content (AvgIpc) is 3.23. The molecule has 0 aromatic rings. The van der Waals surface area contributed by atoms with Crippen molar-refractivity contribution in [2.24, 2.45) is 43.6 Å². The van der Waals surface area contributed by atoms with Crippen molar-refractivity contribution in [3.8, 4) is 0 Å². The number of oxime groups is 4. The first-order chi connectivity index (χ1) is 33.3. The SMILES string of the molecule is CC/C(N)=N/OC(=N)N(C)C.CC/C(N)=N/OC(=N)N(C)C.CC/C(N)=N/OC(=N)N(C)C.CC/C(N)=N/OC(=N)N(C)C.O=S(=O)([O-])C(F)(F)F.O=S(=O)([O-])C(F)(F)F.O=S(=O)([O-])C(F)(F)F.O=S(=O)([O-])C(F)(F)F.[Zn+2].[Zn+2]. The van der Waals surface area contributed by atoms with Gasteiger partial charge in [0.1, 0.15) is 23.3 Å². The Morgan fingerprint density at radius 2 is 0.462 bits per heavy atom. The summed E-state index contributed by atoms with van der Waals surface area (Å²) in [7, 11) is -10.8. The molecule has 456 valence electrons. The van der Waals surface area contributed by atoms with E-state index in [0.717, 1.165) is 0 Å². The Morgan fingerprint density at radius 1 is 0.372 bits per heavy atom. The van der Waals surface area contributed by atoms with E-state index in [9.17, 15) is 52.7 Å². The number of rotatable bonds is 8. The third kappa shape index (κ3) is 61.9. The van der Waals surface area contributed by atoms with Gasteiger partial charge in [-0.2, -0.15) is 52.7 Å². The number of hydrogen-bond acceptors (Lipinski definition) is 24. The van der Waals surface area contributed by atoms with E-state index in [1.807, 2.05) is 27.7 Å². The van der Waals surface area contributed by atoms with E-state index in [1.165, 1.54) is 19.6 Å². The quantitative estimate of drug-likeness (QED) is 0.0319. The molecule has 78 heavy (non-hydrogen) atoms. The van der Waals surface area contributed by atoms with Crippen molar-refractivity contribution in [2.75, 3.05) is 56.4 Å². The van der Waals surface area contributed by atoms with Crippen LogP contribution >= 0.6 is 0 Å². The Morgan fingerprint density at radius 3 is 0.513 bits per heavy atom. The van der Waals surface area contributed by atoms with E-state index in [0.29, 0.717) is 49.0 Å². The second kappa shape index (κ2) is 43.8. The Bertz CT molecular complexity index is 2010. The van der Waals surface area contributed by atoms with Gasteiger partial charge in [0.2, 0.25) is 0 Å². The molecule has 0 saturated carbocycles. The van der Waals surface area contributed by atoms with Crippen LogP contribution in [0.15, 0.2) is 20.6 Å². The van der Waals surface area contributed by atoms with Crippen LogP contribution in [0.5, 0.6) is 0 Å². The van der Waals surface area contributed by atoms with Crippen LogP contribution in [0.3, 0.4) is 0 Å². The zero-order valence-electron chi connectivity index (χ0n) is 42.8. The standard InChI is InChI=1S/4C6H14N4O.4CHF3O3S.2Zn/c4*1-4-5(7)9-11-6(8)10(2)3;4*2-1(3,4)8(5,6)7;;/h4*8H,4H2,1-3H3,(H2,7,9);4*(H,5,6,7);;/q;;;;;;;;2*+2/p-4. The molecule has 0 amide bonds. The van der Waals surface area contributed by atoms with Crippen LogP contribution in [0.25, 0.3) is 0 Å². The third-order valence-electron chi connectivity index (χ3n) is 5.21. The van der Waals surface area contributed by atoms with E-state index in [2.05, 4.69) is 40.0 Å². The summed E-state index contributed by atoms with van der Waals surface area (Å²) in [5, 5.41) is 42.6. The fourth-order valence-corrected chi connectivity index (χ4v) is 0.992. The van der Waals surface area contributed by atoms with Gasteiger partial charge >= 0.3 is 85.1 Å². The van der Waals surface area contributed by atoms with E-state index < -0.39 is 62.5 Å². The summed E-state index contributed by atoms with van der Waals surface area (Å²) in [6.07, 6.45) is 2.50. The topological polar surface area (TPSA) is 528 Å². The minimum atomic E-state index is -6.09. The fourth-order valence-electron chi connectivity index (χ4n) is 0.992. The summed E-state index contributed by atoms with van der Waals surface area (Å²) in [4.78, 5) is 24.5. The second-order valence-corrected chi connectivity index (χ2v) is 18.0. The first-order valence-corrected chi connectivity index (χ1v) is 24.0.